The van der Waals surface area contributed by atoms with Gasteiger partial charge < -0.3 is 33.5 Å². The quantitative estimate of drug-likeness (QED) is 0.150. The smallest absolute Gasteiger partial charge is 0.135 e. The Kier molecular flexibility index (Phi) is 17.7. The molecule has 5 heterocycles. The third-order valence-electron chi connectivity index (χ3n) is 25.8. The highest BCUT2D eigenvalue weighted by Crippen LogP contribution is 2.62. The number of rotatable bonds is 8. The van der Waals surface area contributed by atoms with E-state index in [0.717, 1.165) is 84.5 Å². The zero-order valence-electron chi connectivity index (χ0n) is 69.5. The Labute approximate surface area is 744 Å². The van der Waals surface area contributed by atoms with Gasteiger partial charge in [0.05, 0.1) is 67.9 Å². The lowest BCUT2D eigenvalue weighted by Gasteiger charge is -2.41. The van der Waals surface area contributed by atoms with E-state index < -0.39 is 0 Å². The maximum atomic E-state index is 6.25. The molecular weight excluding hydrogens is 1570 g/mol. The summed E-state index contributed by atoms with van der Waals surface area (Å²) in [5.74, 6) is 0. The Balaban J connectivity index is 0.000000109. The normalized spacial score (nSPS) is 12.6. The predicted molar refractivity (Wildman–Crippen MR) is 542 cm³/mol. The van der Waals surface area contributed by atoms with E-state index in [0.29, 0.717) is 0 Å². The SMILES string of the molecule is c1ccc(-c2ccc(N3c4ccc5ccccc5c4N(c4ccc5c(c4)c4ccccc4n5-c4ccccc4)c4ccc5ccccc5c43)cc2)cc1.c1ccc(-c2ccc(N3c4ccc5ccccc5c4N(c4ccc5oc6ccccc6c5c4)c4ccc5ccccc5c43)cc2)cc1.c1ccc(N2c3ccc4ccccc4c3Sc3ccc4ccccc4c32)cc1. The highest BCUT2D eigenvalue weighted by molar-refractivity contribution is 8.00. The molecule has 3 aliphatic heterocycles. The molecule has 0 saturated carbocycles. The predicted octanol–water partition coefficient (Wildman–Crippen LogP) is 34.7. The lowest BCUT2D eigenvalue weighted by molar-refractivity contribution is 0.669. The fourth-order valence-electron chi connectivity index (χ4n) is 20.0. The van der Waals surface area contributed by atoms with Crippen molar-refractivity contribution in [3.63, 3.8) is 0 Å². The van der Waals surface area contributed by atoms with Crippen LogP contribution in [0.15, 0.2) is 487 Å². The minimum absolute atomic E-state index is 0.893. The van der Waals surface area contributed by atoms with Crippen LogP contribution in [0.3, 0.4) is 0 Å². The maximum Gasteiger partial charge on any atom is 0.135 e. The van der Waals surface area contributed by atoms with Crippen molar-refractivity contribution in [3.05, 3.63) is 473 Å². The van der Waals surface area contributed by atoms with Crippen LogP contribution in [0.2, 0.25) is 0 Å². The molecule has 2 aromatic heterocycles. The molecule has 27 rings (SSSR count). The van der Waals surface area contributed by atoms with Crippen molar-refractivity contribution in [2.45, 2.75) is 9.79 Å². The number of hydrogen-bond donors (Lipinski definition) is 0. The minimum Gasteiger partial charge on any atom is -0.456 e. The standard InChI is InChI=1S/C50H33N3.C44H28N2O.C26H17NS/c1-3-13-34(14-4-1)35-23-27-39(28-24-35)52-47-30-25-37-16-8-10-20-42(37)50(47)53(48-31-26-36-15-7-9-19-41(36)49(48)52)40-29-32-46-44(33-40)43-21-11-12-22-45(43)51(46)38-17-5-2-6-18-38;1-2-10-29(11-3-1)30-18-22-33(23-19-30)45-39-25-20-32-13-5-7-15-36(32)44(39)46(40-26-21-31-12-4-6-14-35(31)43(40)45)34-24-27-42-38(28-34)37-16-8-9-17-41(37)47-42;1-2-10-20(11-3-1)27-23-16-14-19-9-5-7-13-22(19)26(23)28-24-17-15-18-8-4-6-12-21(18)25(24)27/h1-33H;1-28H;1-17H. The highest BCUT2D eigenvalue weighted by Gasteiger charge is 2.37. The monoisotopic (exact) mass is 1650 g/mol. The Morgan fingerprint density at radius 1 is 0.172 bits per heavy atom. The molecule has 0 saturated heterocycles. The summed E-state index contributed by atoms with van der Waals surface area (Å²) in [6.45, 7) is 0. The summed E-state index contributed by atoms with van der Waals surface area (Å²) in [7, 11) is 0. The van der Waals surface area contributed by atoms with Crippen LogP contribution in [0.5, 0.6) is 0 Å². The van der Waals surface area contributed by atoms with E-state index in [2.05, 4.69) is 490 Å². The number of nitrogens with zero attached hydrogens (tertiary/aromatic N) is 6. The van der Waals surface area contributed by atoms with Gasteiger partial charge in [-0.1, -0.05) is 351 Å². The molecule has 0 fully saturated rings. The van der Waals surface area contributed by atoms with Crippen molar-refractivity contribution < 1.29 is 4.42 Å². The first-order valence-electron chi connectivity index (χ1n) is 43.7. The molecule has 128 heavy (non-hydrogen) atoms. The molecule has 0 amide bonds. The van der Waals surface area contributed by atoms with E-state index in [-0.39, 0.29) is 0 Å². The van der Waals surface area contributed by atoms with Crippen molar-refractivity contribution >= 4 is 205 Å². The van der Waals surface area contributed by atoms with Crippen LogP contribution in [0, 0.1) is 0 Å². The number of para-hydroxylation sites is 4. The number of fused-ring (bicyclic) bond motifs is 24. The Morgan fingerprint density at radius 3 is 0.953 bits per heavy atom. The average molecular weight is 1650 g/mol. The van der Waals surface area contributed by atoms with Crippen molar-refractivity contribution in [2.75, 3.05) is 24.5 Å². The van der Waals surface area contributed by atoms with Gasteiger partial charge in [-0.2, -0.15) is 0 Å². The number of aromatic nitrogens is 1. The van der Waals surface area contributed by atoms with Crippen molar-refractivity contribution in [3.8, 4) is 27.9 Å². The van der Waals surface area contributed by atoms with E-state index in [1.165, 1.54) is 147 Å². The molecule has 0 atom stereocenters. The van der Waals surface area contributed by atoms with Crippen LogP contribution in [0.4, 0.5) is 85.3 Å². The summed E-state index contributed by atoms with van der Waals surface area (Å²) in [6.07, 6.45) is 0. The molecule has 22 aromatic carbocycles. The molecule has 0 unspecified atom stereocenters. The van der Waals surface area contributed by atoms with Gasteiger partial charge in [0.2, 0.25) is 0 Å². The van der Waals surface area contributed by atoms with Crippen LogP contribution < -0.4 is 24.5 Å². The zero-order chi connectivity index (χ0) is 84.3. The molecule has 7 nitrogen and oxygen atoms in total. The van der Waals surface area contributed by atoms with Gasteiger partial charge in [0.1, 0.15) is 11.2 Å². The molecule has 3 aliphatic rings. The fourth-order valence-corrected chi connectivity index (χ4v) is 21.2. The highest BCUT2D eigenvalue weighted by atomic mass is 32.2. The molecular formula is C120H78N6OS. The van der Waals surface area contributed by atoms with Crippen LogP contribution in [-0.4, -0.2) is 4.57 Å². The topological polar surface area (TPSA) is 34.3 Å². The lowest BCUT2D eigenvalue weighted by atomic mass is 9.96. The molecule has 8 heteroatoms. The summed E-state index contributed by atoms with van der Waals surface area (Å²) < 4.78 is 8.64. The van der Waals surface area contributed by atoms with Gasteiger partial charge in [-0.15, -0.1) is 0 Å². The molecule has 0 N–H and O–H groups in total. The van der Waals surface area contributed by atoms with Gasteiger partial charge >= 0.3 is 0 Å². The van der Waals surface area contributed by atoms with E-state index >= 15 is 0 Å². The third-order valence-corrected chi connectivity index (χ3v) is 27.0. The summed E-state index contributed by atoms with van der Waals surface area (Å²) in [6, 6.07) is 171. The average Bonchev–Trinajstić information content (AvgIpc) is 1.12. The van der Waals surface area contributed by atoms with Gasteiger partial charge in [-0.3, -0.25) is 0 Å². The Hall–Kier alpha value is -16.7. The number of anilines is 15. The van der Waals surface area contributed by atoms with Crippen molar-refractivity contribution in [2.24, 2.45) is 0 Å². The molecule has 24 aromatic rings. The van der Waals surface area contributed by atoms with E-state index in [1.807, 2.05) is 23.9 Å². The first kappa shape index (κ1) is 74.0. The summed E-state index contributed by atoms with van der Waals surface area (Å²) >= 11 is 1.88. The second-order valence-electron chi connectivity index (χ2n) is 33.0. The molecule has 0 aliphatic carbocycles. The van der Waals surface area contributed by atoms with Crippen molar-refractivity contribution in [1.82, 2.24) is 4.57 Å². The van der Waals surface area contributed by atoms with Crippen LogP contribution in [-0.2, 0) is 0 Å². The van der Waals surface area contributed by atoms with Gasteiger partial charge in [-0.05, 0) is 193 Å². The molecule has 600 valence electrons. The van der Waals surface area contributed by atoms with Crippen LogP contribution >= 0.6 is 11.8 Å². The van der Waals surface area contributed by atoms with Gasteiger partial charge in [-0.25, -0.2) is 0 Å². The molecule has 0 radical (unpaired) electrons. The minimum atomic E-state index is 0.893. The first-order chi connectivity index (χ1) is 63.5. The zero-order valence-corrected chi connectivity index (χ0v) is 70.3. The van der Waals surface area contributed by atoms with E-state index in [4.69, 9.17) is 4.42 Å². The largest absolute Gasteiger partial charge is 0.456 e. The third kappa shape index (κ3) is 12.3. The molecule has 0 spiro atoms. The number of furan rings is 1. The first-order valence-corrected chi connectivity index (χ1v) is 44.5. The Morgan fingerprint density at radius 2 is 0.477 bits per heavy atom. The van der Waals surface area contributed by atoms with Gasteiger partial charge in [0.25, 0.3) is 0 Å². The second-order valence-corrected chi connectivity index (χ2v) is 34.0. The van der Waals surface area contributed by atoms with Gasteiger partial charge in [0, 0.05) is 92.4 Å². The Bertz CT molecular complexity index is 8510. The number of benzene rings is 22. The van der Waals surface area contributed by atoms with E-state index in [1.54, 1.807) is 0 Å². The van der Waals surface area contributed by atoms with Gasteiger partial charge in [0.15, 0.2) is 0 Å². The maximum absolute atomic E-state index is 6.25. The van der Waals surface area contributed by atoms with Crippen molar-refractivity contribution in [1.29, 1.82) is 0 Å². The second kappa shape index (κ2) is 30.7. The fraction of sp³-hybridized carbons (Fsp3) is 0. The lowest BCUT2D eigenvalue weighted by Crippen LogP contribution is -2.24. The molecule has 0 bridgehead atoms. The summed E-state index contributed by atoms with van der Waals surface area (Å²) in [4.78, 5) is 14.9. The van der Waals surface area contributed by atoms with E-state index in [9.17, 15) is 0 Å². The number of hydrogen-bond acceptors (Lipinski definition) is 7. The summed E-state index contributed by atoms with van der Waals surface area (Å²) in [5, 5.41) is 19.5. The summed E-state index contributed by atoms with van der Waals surface area (Å²) in [5.41, 5.74) is 27.6. The van der Waals surface area contributed by atoms with Crippen LogP contribution in [0.25, 0.3) is 136 Å². The van der Waals surface area contributed by atoms with Crippen LogP contribution in [0.1, 0.15) is 0 Å².